The minimum absolute atomic E-state index is 0.166. The van der Waals surface area contributed by atoms with Gasteiger partial charge in [-0.05, 0) is 61.4 Å². The van der Waals surface area contributed by atoms with E-state index in [1.54, 1.807) is 11.1 Å². The highest BCUT2D eigenvalue weighted by Crippen LogP contribution is 2.28. The molecule has 0 radical (unpaired) electrons. The number of anilines is 1. The van der Waals surface area contributed by atoms with Crippen LogP contribution in [0, 0.1) is 5.92 Å². The van der Waals surface area contributed by atoms with Crippen LogP contribution < -0.4 is 15.0 Å². The van der Waals surface area contributed by atoms with Crippen molar-refractivity contribution < 1.29 is 14.3 Å². The third-order valence-corrected chi connectivity index (χ3v) is 5.96. The highest BCUT2D eigenvalue weighted by atomic mass is 79.9. The topological polar surface area (TPSA) is 71.5 Å². The summed E-state index contributed by atoms with van der Waals surface area (Å²) < 4.78 is 6.74. The van der Waals surface area contributed by atoms with Gasteiger partial charge in [0.05, 0.1) is 11.7 Å². The summed E-state index contributed by atoms with van der Waals surface area (Å²) in [5.41, 5.74) is 2.55. The summed E-state index contributed by atoms with van der Waals surface area (Å²) in [6.07, 6.45) is 2.23. The Morgan fingerprint density at radius 1 is 1.19 bits per heavy atom. The number of aromatic nitrogens is 1. The number of halogens is 1. The van der Waals surface area contributed by atoms with E-state index >= 15 is 0 Å². The van der Waals surface area contributed by atoms with E-state index in [4.69, 9.17) is 4.74 Å². The molecule has 2 heterocycles. The Bertz CT molecular complexity index is 1110. The maximum absolute atomic E-state index is 12.9. The van der Waals surface area contributed by atoms with Crippen molar-refractivity contribution in [3.05, 3.63) is 88.7 Å². The average molecular weight is 494 g/mol. The SMILES string of the molecule is CC(NC(=O)C1CCN(c2cccc(Br)c2)C1=O)c1cccc(OCc2ccccn2)c1. The number of hydrogen-bond donors (Lipinski definition) is 1. The van der Waals surface area contributed by atoms with Crippen LogP contribution in [-0.4, -0.2) is 23.3 Å². The summed E-state index contributed by atoms with van der Waals surface area (Å²) in [4.78, 5) is 31.7. The van der Waals surface area contributed by atoms with Gasteiger partial charge in [0.2, 0.25) is 11.8 Å². The van der Waals surface area contributed by atoms with Gasteiger partial charge in [-0.2, -0.15) is 0 Å². The fourth-order valence-corrected chi connectivity index (χ4v) is 4.12. The molecule has 2 aromatic carbocycles. The molecule has 0 spiro atoms. The number of amides is 2. The molecule has 6 nitrogen and oxygen atoms in total. The maximum atomic E-state index is 12.9. The molecule has 0 saturated carbocycles. The molecule has 1 aliphatic rings. The predicted molar refractivity (Wildman–Crippen MR) is 126 cm³/mol. The van der Waals surface area contributed by atoms with E-state index in [9.17, 15) is 9.59 Å². The molecule has 3 aromatic rings. The standard InChI is InChI=1S/C25H24BrN3O3/c1-17(18-6-4-10-22(14-18)32-16-20-8-2-3-12-27-20)28-24(30)23-11-13-29(25(23)31)21-9-5-7-19(26)15-21/h2-10,12,14-15,17,23H,11,13,16H2,1H3,(H,28,30). The second kappa shape index (κ2) is 9.96. The molecule has 164 valence electrons. The van der Waals surface area contributed by atoms with Crippen LogP contribution in [0.2, 0.25) is 0 Å². The third kappa shape index (κ3) is 5.16. The lowest BCUT2D eigenvalue weighted by Gasteiger charge is -2.19. The quantitative estimate of drug-likeness (QED) is 0.486. The first-order valence-corrected chi connectivity index (χ1v) is 11.3. The Balaban J connectivity index is 1.37. The van der Waals surface area contributed by atoms with Crippen LogP contribution in [0.5, 0.6) is 5.75 Å². The lowest BCUT2D eigenvalue weighted by molar-refractivity contribution is -0.132. The molecule has 2 unspecified atom stereocenters. The lowest BCUT2D eigenvalue weighted by atomic mass is 10.0. The minimum atomic E-state index is -0.681. The van der Waals surface area contributed by atoms with Gasteiger partial charge in [-0.1, -0.05) is 40.2 Å². The second-order valence-corrected chi connectivity index (χ2v) is 8.64. The molecule has 1 fully saturated rings. The van der Waals surface area contributed by atoms with Gasteiger partial charge >= 0.3 is 0 Å². The maximum Gasteiger partial charge on any atom is 0.239 e. The van der Waals surface area contributed by atoms with E-state index in [1.165, 1.54) is 0 Å². The zero-order valence-electron chi connectivity index (χ0n) is 17.7. The zero-order chi connectivity index (χ0) is 22.5. The summed E-state index contributed by atoms with van der Waals surface area (Å²) in [7, 11) is 0. The normalized spacial score (nSPS) is 16.6. The first-order chi connectivity index (χ1) is 15.5. The zero-order valence-corrected chi connectivity index (χ0v) is 19.3. The summed E-state index contributed by atoms with van der Waals surface area (Å²) in [5.74, 6) is -0.396. The number of carbonyl (C=O) groups excluding carboxylic acids is 2. The molecule has 1 aromatic heterocycles. The van der Waals surface area contributed by atoms with Gasteiger partial charge in [-0.25, -0.2) is 0 Å². The van der Waals surface area contributed by atoms with Crippen molar-refractivity contribution in [2.75, 3.05) is 11.4 Å². The Kier molecular flexibility index (Phi) is 6.85. The van der Waals surface area contributed by atoms with Crippen LogP contribution in [-0.2, 0) is 16.2 Å². The molecule has 1 aliphatic heterocycles. The first kappa shape index (κ1) is 22.0. The van der Waals surface area contributed by atoms with Gasteiger partial charge < -0.3 is 15.0 Å². The molecule has 1 N–H and O–H groups in total. The van der Waals surface area contributed by atoms with Crippen LogP contribution in [0.15, 0.2) is 77.4 Å². The van der Waals surface area contributed by atoms with Gasteiger partial charge in [-0.15, -0.1) is 0 Å². The van der Waals surface area contributed by atoms with Gasteiger partial charge in [0.25, 0.3) is 0 Å². The number of pyridine rings is 1. The molecular weight excluding hydrogens is 470 g/mol. The summed E-state index contributed by atoms with van der Waals surface area (Å²) >= 11 is 3.43. The number of ether oxygens (including phenoxy) is 1. The van der Waals surface area contributed by atoms with E-state index in [0.29, 0.717) is 25.3 Å². The number of benzene rings is 2. The Labute approximate surface area is 195 Å². The van der Waals surface area contributed by atoms with Gasteiger partial charge in [0.1, 0.15) is 18.3 Å². The van der Waals surface area contributed by atoms with Crippen molar-refractivity contribution in [2.24, 2.45) is 5.92 Å². The molecule has 32 heavy (non-hydrogen) atoms. The molecule has 2 amide bonds. The third-order valence-electron chi connectivity index (χ3n) is 5.47. The summed E-state index contributed by atoms with van der Waals surface area (Å²) in [6, 6.07) is 20.6. The lowest BCUT2D eigenvalue weighted by Crippen LogP contribution is -2.38. The fraction of sp³-hybridized carbons (Fsp3) is 0.240. The number of carbonyl (C=O) groups is 2. The molecule has 7 heteroatoms. The first-order valence-electron chi connectivity index (χ1n) is 10.5. The van der Waals surface area contributed by atoms with Gasteiger partial charge in [0, 0.05) is 22.9 Å². The summed E-state index contributed by atoms with van der Waals surface area (Å²) in [6.45, 7) is 2.80. The minimum Gasteiger partial charge on any atom is -0.487 e. The molecule has 0 aliphatic carbocycles. The van der Waals surface area contributed by atoms with Crippen LogP contribution in [0.4, 0.5) is 5.69 Å². The predicted octanol–water partition coefficient (Wildman–Crippen LogP) is 4.65. The highest BCUT2D eigenvalue weighted by Gasteiger charge is 2.38. The van der Waals surface area contributed by atoms with Crippen molar-refractivity contribution in [2.45, 2.75) is 26.0 Å². The van der Waals surface area contributed by atoms with E-state index in [1.807, 2.05) is 73.7 Å². The smallest absolute Gasteiger partial charge is 0.239 e. The number of nitrogens with zero attached hydrogens (tertiary/aromatic N) is 2. The van der Waals surface area contributed by atoms with Crippen molar-refractivity contribution >= 4 is 33.4 Å². The second-order valence-electron chi connectivity index (χ2n) is 7.72. The van der Waals surface area contributed by atoms with Crippen LogP contribution in [0.1, 0.15) is 30.6 Å². The van der Waals surface area contributed by atoms with Crippen LogP contribution >= 0.6 is 15.9 Å². The van der Waals surface area contributed by atoms with Crippen molar-refractivity contribution in [1.82, 2.24) is 10.3 Å². The monoisotopic (exact) mass is 493 g/mol. The highest BCUT2D eigenvalue weighted by molar-refractivity contribution is 9.10. The molecular formula is C25H24BrN3O3. The van der Waals surface area contributed by atoms with E-state index < -0.39 is 5.92 Å². The van der Waals surface area contributed by atoms with E-state index in [0.717, 1.165) is 21.4 Å². The molecule has 1 saturated heterocycles. The fourth-order valence-electron chi connectivity index (χ4n) is 3.74. The molecule has 0 bridgehead atoms. The van der Waals surface area contributed by atoms with Gasteiger partial charge in [0.15, 0.2) is 0 Å². The van der Waals surface area contributed by atoms with E-state index in [-0.39, 0.29) is 17.9 Å². The van der Waals surface area contributed by atoms with E-state index in [2.05, 4.69) is 26.2 Å². The van der Waals surface area contributed by atoms with Crippen molar-refractivity contribution in [3.63, 3.8) is 0 Å². The van der Waals surface area contributed by atoms with Crippen molar-refractivity contribution in [1.29, 1.82) is 0 Å². The largest absolute Gasteiger partial charge is 0.487 e. The van der Waals surface area contributed by atoms with Crippen molar-refractivity contribution in [3.8, 4) is 5.75 Å². The van der Waals surface area contributed by atoms with Crippen LogP contribution in [0.3, 0.4) is 0 Å². The molecule has 2 atom stereocenters. The Morgan fingerprint density at radius 2 is 2.03 bits per heavy atom. The number of nitrogens with one attached hydrogen (secondary N) is 1. The van der Waals surface area contributed by atoms with Crippen LogP contribution in [0.25, 0.3) is 0 Å². The number of hydrogen-bond acceptors (Lipinski definition) is 4. The average Bonchev–Trinajstić information content (AvgIpc) is 3.20. The Hall–Kier alpha value is -3.19. The summed E-state index contributed by atoms with van der Waals surface area (Å²) in [5, 5.41) is 2.99. The number of rotatable bonds is 7. The molecule has 4 rings (SSSR count). The Morgan fingerprint density at radius 3 is 2.81 bits per heavy atom. The van der Waals surface area contributed by atoms with Gasteiger partial charge in [-0.3, -0.25) is 14.6 Å².